The Bertz CT molecular complexity index is 386. The number of hydrogen-bond acceptors (Lipinski definition) is 3. The minimum absolute atomic E-state index is 0.0348. The number of carbonyl (C=O) groups excluding carboxylic acids is 1. The summed E-state index contributed by atoms with van der Waals surface area (Å²) in [5.41, 5.74) is 2.51. The summed E-state index contributed by atoms with van der Waals surface area (Å²) >= 11 is 0. The van der Waals surface area contributed by atoms with Gasteiger partial charge in [0.25, 0.3) is 0 Å². The zero-order valence-electron chi connectivity index (χ0n) is 10.4. The topological polar surface area (TPSA) is 38.3 Å². The molecule has 0 saturated carbocycles. The largest absolute Gasteiger partial charge is 0.469 e. The van der Waals surface area contributed by atoms with E-state index in [1.165, 1.54) is 18.2 Å². The van der Waals surface area contributed by atoms with Crippen molar-refractivity contribution in [3.8, 4) is 0 Å². The number of carbonyl (C=O) groups is 1. The quantitative estimate of drug-likeness (QED) is 0.796. The van der Waals surface area contributed by atoms with Crippen molar-refractivity contribution in [2.75, 3.05) is 13.7 Å². The first-order valence-corrected chi connectivity index (χ1v) is 6.08. The molecule has 1 heterocycles. The molecule has 1 aliphatic rings. The number of aryl methyl sites for hydroxylation is 1. The highest BCUT2D eigenvalue weighted by atomic mass is 16.5. The van der Waals surface area contributed by atoms with Gasteiger partial charge < -0.3 is 10.1 Å². The Kier molecular flexibility index (Phi) is 3.79. The number of piperidine rings is 1. The Hall–Kier alpha value is -1.35. The van der Waals surface area contributed by atoms with Gasteiger partial charge in [0.2, 0.25) is 0 Å². The van der Waals surface area contributed by atoms with Gasteiger partial charge in [0.05, 0.1) is 13.0 Å². The van der Waals surface area contributed by atoms with Crippen LogP contribution in [0, 0.1) is 12.8 Å². The van der Waals surface area contributed by atoms with E-state index in [9.17, 15) is 4.79 Å². The third-order valence-electron chi connectivity index (χ3n) is 3.42. The molecule has 1 aliphatic heterocycles. The summed E-state index contributed by atoms with van der Waals surface area (Å²) in [5, 5.41) is 3.46. The molecule has 0 amide bonds. The molecule has 3 heteroatoms. The molecule has 1 N–H and O–H groups in total. The second-order valence-electron chi connectivity index (χ2n) is 4.66. The van der Waals surface area contributed by atoms with Crippen molar-refractivity contribution in [1.82, 2.24) is 5.32 Å². The first-order valence-electron chi connectivity index (χ1n) is 6.08. The SMILES string of the molecule is COC(=O)C1CCNC(c2ccc(C)cc2)C1. The zero-order valence-corrected chi connectivity index (χ0v) is 10.4. The van der Waals surface area contributed by atoms with Crippen LogP contribution in [0.15, 0.2) is 24.3 Å². The van der Waals surface area contributed by atoms with Gasteiger partial charge in [-0.25, -0.2) is 0 Å². The molecule has 0 aromatic heterocycles. The maximum atomic E-state index is 11.5. The van der Waals surface area contributed by atoms with Gasteiger partial charge in [-0.15, -0.1) is 0 Å². The van der Waals surface area contributed by atoms with E-state index in [1.54, 1.807) is 0 Å². The van der Waals surface area contributed by atoms with Crippen LogP contribution >= 0.6 is 0 Å². The first-order chi connectivity index (χ1) is 8.20. The lowest BCUT2D eigenvalue weighted by Gasteiger charge is -2.29. The summed E-state index contributed by atoms with van der Waals surface area (Å²) in [7, 11) is 1.46. The van der Waals surface area contributed by atoms with Crippen molar-refractivity contribution < 1.29 is 9.53 Å². The van der Waals surface area contributed by atoms with E-state index in [-0.39, 0.29) is 17.9 Å². The number of rotatable bonds is 2. The Labute approximate surface area is 102 Å². The number of hydrogen-bond donors (Lipinski definition) is 1. The summed E-state index contributed by atoms with van der Waals surface area (Å²) in [6, 6.07) is 8.75. The van der Waals surface area contributed by atoms with E-state index in [0.29, 0.717) is 0 Å². The first kappa shape index (κ1) is 12.1. The molecule has 17 heavy (non-hydrogen) atoms. The molecule has 1 aromatic carbocycles. The summed E-state index contributed by atoms with van der Waals surface area (Å²) in [4.78, 5) is 11.5. The molecule has 1 saturated heterocycles. The summed E-state index contributed by atoms with van der Waals surface area (Å²) in [5.74, 6) is -0.0452. The van der Waals surface area contributed by atoms with E-state index < -0.39 is 0 Å². The molecule has 2 atom stereocenters. The average molecular weight is 233 g/mol. The summed E-state index contributed by atoms with van der Waals surface area (Å²) < 4.78 is 4.83. The Morgan fingerprint density at radius 3 is 2.71 bits per heavy atom. The van der Waals surface area contributed by atoms with Gasteiger partial charge in [0.1, 0.15) is 0 Å². The molecular weight excluding hydrogens is 214 g/mol. The maximum Gasteiger partial charge on any atom is 0.308 e. The highest BCUT2D eigenvalue weighted by Gasteiger charge is 2.28. The van der Waals surface area contributed by atoms with E-state index in [0.717, 1.165) is 19.4 Å². The van der Waals surface area contributed by atoms with E-state index in [4.69, 9.17) is 4.74 Å². The van der Waals surface area contributed by atoms with Gasteiger partial charge in [0.15, 0.2) is 0 Å². The monoisotopic (exact) mass is 233 g/mol. The summed E-state index contributed by atoms with van der Waals surface area (Å²) in [6.07, 6.45) is 1.70. The van der Waals surface area contributed by atoms with Gasteiger partial charge in [-0.05, 0) is 31.9 Å². The molecule has 0 aliphatic carbocycles. The lowest BCUT2D eigenvalue weighted by molar-refractivity contribution is -0.146. The molecule has 1 aromatic rings. The smallest absolute Gasteiger partial charge is 0.308 e. The van der Waals surface area contributed by atoms with Gasteiger partial charge in [-0.1, -0.05) is 29.8 Å². The Morgan fingerprint density at radius 1 is 1.35 bits per heavy atom. The number of ether oxygens (including phenoxy) is 1. The zero-order chi connectivity index (χ0) is 12.3. The van der Waals surface area contributed by atoms with Crippen LogP contribution in [0.25, 0.3) is 0 Å². The second kappa shape index (κ2) is 5.32. The van der Waals surface area contributed by atoms with Crippen LogP contribution in [0.2, 0.25) is 0 Å². The third kappa shape index (κ3) is 2.86. The second-order valence-corrected chi connectivity index (χ2v) is 4.66. The van der Waals surface area contributed by atoms with Crippen molar-refractivity contribution >= 4 is 5.97 Å². The predicted octanol–water partition coefficient (Wildman–Crippen LogP) is 2.21. The van der Waals surface area contributed by atoms with Crippen molar-refractivity contribution in [3.05, 3.63) is 35.4 Å². The average Bonchev–Trinajstić information content (AvgIpc) is 2.39. The molecule has 92 valence electrons. The predicted molar refractivity (Wildman–Crippen MR) is 66.7 cm³/mol. The van der Waals surface area contributed by atoms with Crippen molar-refractivity contribution in [1.29, 1.82) is 0 Å². The fraction of sp³-hybridized carbons (Fsp3) is 0.500. The molecule has 1 fully saturated rings. The lowest BCUT2D eigenvalue weighted by Crippen LogP contribution is -2.35. The molecular formula is C14H19NO2. The Balaban J connectivity index is 2.06. The lowest BCUT2D eigenvalue weighted by atomic mass is 9.88. The van der Waals surface area contributed by atoms with Crippen LogP contribution in [-0.4, -0.2) is 19.6 Å². The highest BCUT2D eigenvalue weighted by Crippen LogP contribution is 2.28. The van der Waals surface area contributed by atoms with Crippen molar-refractivity contribution in [3.63, 3.8) is 0 Å². The minimum atomic E-state index is -0.0800. The van der Waals surface area contributed by atoms with Crippen LogP contribution in [0.5, 0.6) is 0 Å². The van der Waals surface area contributed by atoms with Gasteiger partial charge in [0, 0.05) is 6.04 Å². The molecule has 0 bridgehead atoms. The molecule has 2 unspecified atom stereocenters. The van der Waals surface area contributed by atoms with Gasteiger partial charge >= 0.3 is 5.97 Å². The van der Waals surface area contributed by atoms with E-state index in [2.05, 4.69) is 36.5 Å². The fourth-order valence-electron chi connectivity index (χ4n) is 2.35. The number of esters is 1. The molecule has 2 rings (SSSR count). The number of methoxy groups -OCH3 is 1. The normalized spacial score (nSPS) is 24.4. The standard InChI is InChI=1S/C14H19NO2/c1-10-3-5-11(6-4-10)13-9-12(7-8-15-13)14(16)17-2/h3-6,12-13,15H,7-9H2,1-2H3. The van der Waals surface area contributed by atoms with Crippen molar-refractivity contribution in [2.24, 2.45) is 5.92 Å². The molecule has 0 spiro atoms. The van der Waals surface area contributed by atoms with E-state index in [1.807, 2.05) is 0 Å². The fourth-order valence-corrected chi connectivity index (χ4v) is 2.35. The van der Waals surface area contributed by atoms with Crippen LogP contribution in [0.4, 0.5) is 0 Å². The maximum absolute atomic E-state index is 11.5. The van der Waals surface area contributed by atoms with E-state index >= 15 is 0 Å². The van der Waals surface area contributed by atoms with Crippen LogP contribution in [0.3, 0.4) is 0 Å². The summed E-state index contributed by atoms with van der Waals surface area (Å²) in [6.45, 7) is 2.95. The molecule has 3 nitrogen and oxygen atoms in total. The highest BCUT2D eigenvalue weighted by molar-refractivity contribution is 5.72. The van der Waals surface area contributed by atoms with Crippen molar-refractivity contribution in [2.45, 2.75) is 25.8 Å². The van der Waals surface area contributed by atoms with Gasteiger partial charge in [-0.3, -0.25) is 4.79 Å². The van der Waals surface area contributed by atoms with Crippen LogP contribution in [0.1, 0.15) is 30.0 Å². The van der Waals surface area contributed by atoms with Gasteiger partial charge in [-0.2, -0.15) is 0 Å². The minimum Gasteiger partial charge on any atom is -0.469 e. The number of benzene rings is 1. The Morgan fingerprint density at radius 2 is 2.06 bits per heavy atom. The van der Waals surface area contributed by atoms with Crippen LogP contribution < -0.4 is 5.32 Å². The van der Waals surface area contributed by atoms with Crippen LogP contribution in [-0.2, 0) is 9.53 Å². The molecule has 0 radical (unpaired) electrons. The number of nitrogens with one attached hydrogen (secondary N) is 1. The third-order valence-corrected chi connectivity index (χ3v) is 3.42.